The van der Waals surface area contributed by atoms with Crippen LogP contribution in [0.25, 0.3) is 0 Å². The lowest BCUT2D eigenvalue weighted by atomic mass is 10.2. The van der Waals surface area contributed by atoms with E-state index in [0.29, 0.717) is 30.2 Å². The maximum absolute atomic E-state index is 12.6. The second-order valence-electron chi connectivity index (χ2n) is 6.99. The zero-order valence-electron chi connectivity index (χ0n) is 16.5. The van der Waals surface area contributed by atoms with Gasteiger partial charge in [0.15, 0.2) is 5.75 Å². The number of piperazine rings is 1. The van der Waals surface area contributed by atoms with Gasteiger partial charge in [-0.05, 0) is 31.3 Å². The number of hydrogen-bond donors (Lipinski definition) is 0. The number of carbonyl (C=O) groups excluding carboxylic acids is 2. The maximum Gasteiger partial charge on any atom is 0.224 e. The van der Waals surface area contributed by atoms with Gasteiger partial charge in [0, 0.05) is 46.1 Å². The van der Waals surface area contributed by atoms with Crippen molar-refractivity contribution in [2.24, 2.45) is 0 Å². The number of rotatable bonds is 6. The van der Waals surface area contributed by atoms with Crippen molar-refractivity contribution in [3.05, 3.63) is 54.6 Å². The van der Waals surface area contributed by atoms with Crippen LogP contribution in [-0.2, 0) is 9.59 Å². The average molecular weight is 381 g/mol. The lowest BCUT2D eigenvalue weighted by Crippen LogP contribution is -2.47. The van der Waals surface area contributed by atoms with Gasteiger partial charge < -0.3 is 19.4 Å². The van der Waals surface area contributed by atoms with E-state index in [0.717, 1.165) is 26.2 Å². The van der Waals surface area contributed by atoms with Crippen molar-refractivity contribution in [3.8, 4) is 11.5 Å². The van der Waals surface area contributed by atoms with Crippen LogP contribution in [-0.4, -0.2) is 61.4 Å². The Balaban J connectivity index is 1.70. The number of benzene rings is 2. The zero-order valence-corrected chi connectivity index (χ0v) is 16.5. The summed E-state index contributed by atoms with van der Waals surface area (Å²) in [6.45, 7) is 5.09. The minimum absolute atomic E-state index is 0.0841. The van der Waals surface area contributed by atoms with Crippen LogP contribution in [0.3, 0.4) is 0 Å². The highest BCUT2D eigenvalue weighted by atomic mass is 16.5. The first-order valence-corrected chi connectivity index (χ1v) is 9.61. The molecule has 0 aliphatic carbocycles. The summed E-state index contributed by atoms with van der Waals surface area (Å²) in [5, 5.41) is 0. The van der Waals surface area contributed by atoms with Crippen molar-refractivity contribution in [2.75, 3.05) is 44.7 Å². The molecule has 0 aromatic heterocycles. The number of hydrogen-bond acceptors (Lipinski definition) is 4. The third-order valence-electron chi connectivity index (χ3n) is 4.91. The van der Waals surface area contributed by atoms with Crippen LogP contribution >= 0.6 is 0 Å². The molecule has 28 heavy (non-hydrogen) atoms. The molecule has 0 saturated carbocycles. The first-order chi connectivity index (χ1) is 13.5. The molecule has 0 spiro atoms. The summed E-state index contributed by atoms with van der Waals surface area (Å²) in [5.74, 6) is 1.26. The Bertz CT molecular complexity index is 802. The number of amides is 2. The first kappa shape index (κ1) is 19.9. The third kappa shape index (κ3) is 5.10. The summed E-state index contributed by atoms with van der Waals surface area (Å²) in [6, 6.07) is 16.9. The molecule has 1 aliphatic rings. The minimum atomic E-state index is -0.115. The van der Waals surface area contributed by atoms with E-state index in [4.69, 9.17) is 4.74 Å². The Morgan fingerprint density at radius 3 is 2.29 bits per heavy atom. The summed E-state index contributed by atoms with van der Waals surface area (Å²) in [5.41, 5.74) is 0.671. The molecular formula is C22H27N3O3. The van der Waals surface area contributed by atoms with Crippen molar-refractivity contribution in [1.29, 1.82) is 0 Å². The first-order valence-electron chi connectivity index (χ1n) is 9.61. The Labute approximate surface area is 166 Å². The van der Waals surface area contributed by atoms with E-state index in [-0.39, 0.29) is 11.8 Å². The van der Waals surface area contributed by atoms with Crippen LogP contribution in [0.4, 0.5) is 5.69 Å². The maximum atomic E-state index is 12.6. The van der Waals surface area contributed by atoms with E-state index in [2.05, 4.69) is 11.9 Å². The van der Waals surface area contributed by atoms with E-state index in [9.17, 15) is 9.59 Å². The second kappa shape index (κ2) is 9.37. The molecule has 1 saturated heterocycles. The van der Waals surface area contributed by atoms with E-state index in [1.54, 1.807) is 4.90 Å². The predicted molar refractivity (Wildman–Crippen MR) is 110 cm³/mol. The van der Waals surface area contributed by atoms with Crippen molar-refractivity contribution < 1.29 is 14.3 Å². The molecular weight excluding hydrogens is 354 g/mol. The van der Waals surface area contributed by atoms with Gasteiger partial charge in [-0.3, -0.25) is 9.59 Å². The molecule has 1 fully saturated rings. The summed E-state index contributed by atoms with van der Waals surface area (Å²) in [7, 11) is 2.06. The molecule has 0 bridgehead atoms. The molecule has 6 nitrogen and oxygen atoms in total. The summed E-state index contributed by atoms with van der Waals surface area (Å²) in [4.78, 5) is 30.6. The third-order valence-corrected chi connectivity index (χ3v) is 4.91. The number of ether oxygens (including phenoxy) is 1. The van der Waals surface area contributed by atoms with Crippen LogP contribution in [0.1, 0.15) is 13.3 Å². The fourth-order valence-electron chi connectivity index (χ4n) is 3.25. The standard InChI is InChI=1S/C22H27N3O3/c1-18(26)25(13-12-22(27)24-16-14-23(2)15-17-24)20-10-6-7-11-21(20)28-19-8-4-3-5-9-19/h3-11H,12-17H2,1-2H3. The number of nitrogens with zero attached hydrogens (tertiary/aromatic N) is 3. The Morgan fingerprint density at radius 1 is 0.964 bits per heavy atom. The Morgan fingerprint density at radius 2 is 1.61 bits per heavy atom. The molecule has 148 valence electrons. The Hall–Kier alpha value is -2.86. The van der Waals surface area contributed by atoms with Crippen LogP contribution in [0.15, 0.2) is 54.6 Å². The molecule has 2 amide bonds. The largest absolute Gasteiger partial charge is 0.455 e. The van der Waals surface area contributed by atoms with Gasteiger partial charge in [0.05, 0.1) is 5.69 Å². The molecule has 0 unspecified atom stereocenters. The molecule has 0 atom stereocenters. The molecule has 0 N–H and O–H groups in total. The Kier molecular flexibility index (Phi) is 6.66. The van der Waals surface area contributed by atoms with E-state index < -0.39 is 0 Å². The van der Waals surface area contributed by atoms with Crippen LogP contribution in [0.2, 0.25) is 0 Å². The lowest BCUT2D eigenvalue weighted by Gasteiger charge is -2.33. The van der Waals surface area contributed by atoms with Crippen LogP contribution < -0.4 is 9.64 Å². The van der Waals surface area contributed by atoms with Crippen molar-refractivity contribution >= 4 is 17.5 Å². The molecule has 1 aliphatic heterocycles. The van der Waals surface area contributed by atoms with Crippen LogP contribution in [0, 0.1) is 0 Å². The number of para-hydroxylation sites is 3. The highest BCUT2D eigenvalue weighted by molar-refractivity contribution is 5.94. The highest BCUT2D eigenvalue weighted by Gasteiger charge is 2.22. The van der Waals surface area contributed by atoms with Gasteiger partial charge in [-0.1, -0.05) is 30.3 Å². The fraction of sp³-hybridized carbons (Fsp3) is 0.364. The average Bonchev–Trinajstić information content (AvgIpc) is 2.70. The number of likely N-dealkylation sites (N-methyl/N-ethyl adjacent to an activating group) is 1. The molecule has 0 radical (unpaired) electrons. The predicted octanol–water partition coefficient (Wildman–Crippen LogP) is 3.00. The SMILES string of the molecule is CC(=O)N(CCC(=O)N1CCN(C)CC1)c1ccccc1Oc1ccccc1. The van der Waals surface area contributed by atoms with Gasteiger partial charge in [-0.25, -0.2) is 0 Å². The van der Waals surface area contributed by atoms with E-state index in [1.807, 2.05) is 59.5 Å². The quantitative estimate of drug-likeness (QED) is 0.772. The van der Waals surface area contributed by atoms with Gasteiger partial charge in [0.2, 0.25) is 11.8 Å². The molecule has 2 aromatic carbocycles. The number of anilines is 1. The summed E-state index contributed by atoms with van der Waals surface area (Å²) < 4.78 is 5.98. The van der Waals surface area contributed by atoms with Crippen molar-refractivity contribution in [2.45, 2.75) is 13.3 Å². The summed E-state index contributed by atoms with van der Waals surface area (Å²) >= 11 is 0. The number of carbonyl (C=O) groups is 2. The lowest BCUT2D eigenvalue weighted by molar-refractivity contribution is -0.132. The van der Waals surface area contributed by atoms with Gasteiger partial charge in [0.1, 0.15) is 5.75 Å². The van der Waals surface area contributed by atoms with Crippen LogP contribution in [0.5, 0.6) is 11.5 Å². The molecule has 3 rings (SSSR count). The van der Waals surface area contributed by atoms with E-state index in [1.165, 1.54) is 6.92 Å². The van der Waals surface area contributed by atoms with E-state index >= 15 is 0 Å². The molecule has 1 heterocycles. The van der Waals surface area contributed by atoms with Crippen molar-refractivity contribution in [1.82, 2.24) is 9.80 Å². The smallest absolute Gasteiger partial charge is 0.224 e. The minimum Gasteiger partial charge on any atom is -0.455 e. The van der Waals surface area contributed by atoms with Crippen molar-refractivity contribution in [3.63, 3.8) is 0 Å². The van der Waals surface area contributed by atoms with Gasteiger partial charge in [0.25, 0.3) is 0 Å². The zero-order chi connectivity index (χ0) is 19.9. The van der Waals surface area contributed by atoms with Gasteiger partial charge in [-0.2, -0.15) is 0 Å². The highest BCUT2D eigenvalue weighted by Crippen LogP contribution is 2.32. The topological polar surface area (TPSA) is 53.1 Å². The molecule has 2 aromatic rings. The molecule has 6 heteroatoms. The normalized spacial score (nSPS) is 14.6. The van der Waals surface area contributed by atoms with Gasteiger partial charge >= 0.3 is 0 Å². The second-order valence-corrected chi connectivity index (χ2v) is 6.99. The monoisotopic (exact) mass is 381 g/mol. The summed E-state index contributed by atoms with van der Waals surface area (Å²) in [6.07, 6.45) is 0.295. The van der Waals surface area contributed by atoms with Gasteiger partial charge in [-0.15, -0.1) is 0 Å². The fourth-order valence-corrected chi connectivity index (χ4v) is 3.25.